The predicted molar refractivity (Wildman–Crippen MR) is 141 cm³/mol. The van der Waals surface area contributed by atoms with Gasteiger partial charge in [-0.3, -0.25) is 13.9 Å². The molecule has 0 radical (unpaired) electrons. The van der Waals surface area contributed by atoms with Crippen molar-refractivity contribution >= 4 is 11.2 Å². The second-order valence-electron chi connectivity index (χ2n) is 9.12. The first-order chi connectivity index (χ1) is 17.8. The normalized spacial score (nSPS) is 12.2. The Morgan fingerprint density at radius 2 is 1.65 bits per heavy atom. The van der Waals surface area contributed by atoms with Gasteiger partial charge in [-0.15, -0.1) is 0 Å². The molecule has 37 heavy (non-hydrogen) atoms. The topological polar surface area (TPSA) is 104 Å². The Bertz CT molecular complexity index is 1440. The van der Waals surface area contributed by atoms with Gasteiger partial charge in [0.25, 0.3) is 5.56 Å². The third-order valence-electron chi connectivity index (χ3n) is 6.20. The summed E-state index contributed by atoms with van der Waals surface area (Å²) < 4.78 is 16.0. The van der Waals surface area contributed by atoms with Crippen molar-refractivity contribution in [3.8, 4) is 11.5 Å². The third-order valence-corrected chi connectivity index (χ3v) is 6.20. The number of hydrogen-bond acceptors (Lipinski definition) is 7. The molecule has 0 aliphatic rings. The highest BCUT2D eigenvalue weighted by atomic mass is 16.5. The number of nitrogens with zero attached hydrogens (tertiary/aromatic N) is 5. The van der Waals surface area contributed by atoms with E-state index in [2.05, 4.69) is 4.98 Å². The molecule has 4 rings (SSSR count). The van der Waals surface area contributed by atoms with Gasteiger partial charge in [-0.2, -0.15) is 0 Å². The highest BCUT2D eigenvalue weighted by Gasteiger charge is 2.15. The molecule has 196 valence electrons. The molecular formula is C27H33N5O5. The van der Waals surface area contributed by atoms with Crippen LogP contribution in [0.25, 0.3) is 11.2 Å². The number of benzene rings is 2. The fourth-order valence-corrected chi connectivity index (χ4v) is 4.19. The molecule has 2 aromatic heterocycles. The van der Waals surface area contributed by atoms with Gasteiger partial charge in [0, 0.05) is 27.2 Å². The van der Waals surface area contributed by atoms with Crippen LogP contribution in [0, 0.1) is 0 Å². The zero-order valence-electron chi connectivity index (χ0n) is 21.4. The van der Waals surface area contributed by atoms with E-state index in [1.807, 2.05) is 66.5 Å². The van der Waals surface area contributed by atoms with Crippen molar-refractivity contribution < 1.29 is 14.6 Å². The van der Waals surface area contributed by atoms with E-state index < -0.39 is 11.8 Å². The van der Waals surface area contributed by atoms with Crippen molar-refractivity contribution in [2.75, 3.05) is 26.7 Å². The van der Waals surface area contributed by atoms with Crippen LogP contribution in [-0.2, 0) is 27.2 Å². The van der Waals surface area contributed by atoms with Gasteiger partial charge in [-0.05, 0) is 37.7 Å². The number of aliphatic hydroxyl groups is 1. The zero-order valence-corrected chi connectivity index (χ0v) is 21.4. The lowest BCUT2D eigenvalue weighted by Gasteiger charge is -2.21. The van der Waals surface area contributed by atoms with Gasteiger partial charge in [-0.25, -0.2) is 9.78 Å². The SMILES string of the molecule is CN(CCCn1cnc2c1c(=O)n(C)c(=O)n2C)CC(O)COc1ccccc1OCc1ccccc1. The van der Waals surface area contributed by atoms with Crippen molar-refractivity contribution in [1.29, 1.82) is 0 Å². The number of aryl methyl sites for hydroxylation is 2. The van der Waals surface area contributed by atoms with Crippen LogP contribution in [0.15, 0.2) is 70.5 Å². The molecule has 1 unspecified atom stereocenters. The molecule has 0 aliphatic heterocycles. The summed E-state index contributed by atoms with van der Waals surface area (Å²) in [6.07, 6.45) is 1.63. The van der Waals surface area contributed by atoms with Gasteiger partial charge in [0.2, 0.25) is 0 Å². The fourth-order valence-electron chi connectivity index (χ4n) is 4.19. The summed E-state index contributed by atoms with van der Waals surface area (Å²) >= 11 is 0. The Morgan fingerprint density at radius 1 is 0.973 bits per heavy atom. The van der Waals surface area contributed by atoms with E-state index in [-0.39, 0.29) is 12.2 Å². The van der Waals surface area contributed by atoms with Gasteiger partial charge in [0.05, 0.1) is 6.33 Å². The van der Waals surface area contributed by atoms with Crippen molar-refractivity contribution in [2.24, 2.45) is 14.1 Å². The molecule has 0 aliphatic carbocycles. The number of hydrogen-bond donors (Lipinski definition) is 1. The maximum absolute atomic E-state index is 12.6. The molecule has 10 nitrogen and oxygen atoms in total. The van der Waals surface area contributed by atoms with E-state index in [1.165, 1.54) is 11.6 Å². The molecule has 0 amide bonds. The standard InChI is InChI=1S/C27H33N5O5/c1-29(14-9-15-32-19-28-25-24(32)26(34)31(3)27(35)30(25)2)16-21(33)18-37-23-13-8-7-12-22(23)36-17-20-10-5-4-6-11-20/h4-8,10-13,19,21,33H,9,14-18H2,1-3H3. The molecule has 0 spiro atoms. The molecule has 0 bridgehead atoms. The number of fused-ring (bicyclic) bond motifs is 1. The number of rotatable bonds is 12. The molecule has 0 saturated carbocycles. The van der Waals surface area contributed by atoms with E-state index in [4.69, 9.17) is 9.47 Å². The van der Waals surface area contributed by atoms with Crippen LogP contribution in [0.3, 0.4) is 0 Å². The maximum Gasteiger partial charge on any atom is 0.332 e. The summed E-state index contributed by atoms with van der Waals surface area (Å²) in [5.74, 6) is 1.21. The maximum atomic E-state index is 12.6. The molecule has 0 saturated heterocycles. The second-order valence-corrected chi connectivity index (χ2v) is 9.12. The lowest BCUT2D eigenvalue weighted by Crippen LogP contribution is -2.37. The predicted octanol–water partition coefficient (Wildman–Crippen LogP) is 1.77. The number of imidazole rings is 1. The quantitative estimate of drug-likeness (QED) is 0.312. The lowest BCUT2D eigenvalue weighted by atomic mass is 10.2. The first kappa shape index (κ1) is 26.2. The first-order valence-corrected chi connectivity index (χ1v) is 12.2. The van der Waals surface area contributed by atoms with E-state index in [0.717, 1.165) is 16.6 Å². The van der Waals surface area contributed by atoms with Crippen LogP contribution in [-0.4, -0.2) is 61.5 Å². The third kappa shape index (κ3) is 6.28. The van der Waals surface area contributed by atoms with Gasteiger partial charge in [-0.1, -0.05) is 42.5 Å². The Hall–Kier alpha value is -3.89. The molecule has 1 N–H and O–H groups in total. The van der Waals surface area contributed by atoms with Crippen LogP contribution < -0.4 is 20.7 Å². The summed E-state index contributed by atoms with van der Waals surface area (Å²) in [5, 5.41) is 10.5. The minimum Gasteiger partial charge on any atom is -0.487 e. The molecule has 10 heteroatoms. The number of likely N-dealkylation sites (N-methyl/N-ethyl adjacent to an activating group) is 1. The first-order valence-electron chi connectivity index (χ1n) is 12.2. The Labute approximate surface area is 214 Å². The largest absolute Gasteiger partial charge is 0.487 e. The minimum atomic E-state index is -0.692. The van der Waals surface area contributed by atoms with E-state index in [0.29, 0.717) is 48.9 Å². The molecule has 2 heterocycles. The number of para-hydroxylation sites is 2. The number of ether oxygens (including phenoxy) is 2. The summed E-state index contributed by atoms with van der Waals surface area (Å²) in [6, 6.07) is 17.3. The second kappa shape index (κ2) is 11.9. The summed E-state index contributed by atoms with van der Waals surface area (Å²) in [7, 11) is 4.99. The summed E-state index contributed by atoms with van der Waals surface area (Å²) in [4.78, 5) is 30.9. The zero-order chi connectivity index (χ0) is 26.4. The highest BCUT2D eigenvalue weighted by molar-refractivity contribution is 5.69. The van der Waals surface area contributed by atoms with Gasteiger partial charge >= 0.3 is 5.69 Å². The minimum absolute atomic E-state index is 0.131. The Balaban J connectivity index is 1.25. The smallest absolute Gasteiger partial charge is 0.332 e. The van der Waals surface area contributed by atoms with Crippen LogP contribution >= 0.6 is 0 Å². The fraction of sp³-hybridized carbons (Fsp3) is 0.370. The van der Waals surface area contributed by atoms with Gasteiger partial charge in [0.1, 0.15) is 19.3 Å². The van der Waals surface area contributed by atoms with Gasteiger partial charge in [0.15, 0.2) is 22.7 Å². The Morgan fingerprint density at radius 3 is 2.38 bits per heavy atom. The lowest BCUT2D eigenvalue weighted by molar-refractivity contribution is 0.0741. The van der Waals surface area contributed by atoms with Crippen molar-refractivity contribution in [2.45, 2.75) is 25.7 Å². The molecule has 4 aromatic rings. The Kier molecular flexibility index (Phi) is 8.42. The summed E-state index contributed by atoms with van der Waals surface area (Å²) in [6.45, 7) is 2.24. The van der Waals surface area contributed by atoms with Crippen LogP contribution in [0.4, 0.5) is 0 Å². The van der Waals surface area contributed by atoms with Crippen LogP contribution in [0.2, 0.25) is 0 Å². The molecule has 1 atom stereocenters. The molecule has 2 aromatic carbocycles. The molecule has 0 fully saturated rings. The number of aromatic nitrogens is 4. The van der Waals surface area contributed by atoms with E-state index in [9.17, 15) is 14.7 Å². The monoisotopic (exact) mass is 507 g/mol. The van der Waals surface area contributed by atoms with E-state index >= 15 is 0 Å². The van der Waals surface area contributed by atoms with Crippen molar-refractivity contribution in [3.05, 3.63) is 87.3 Å². The highest BCUT2D eigenvalue weighted by Crippen LogP contribution is 2.27. The average molecular weight is 508 g/mol. The summed E-state index contributed by atoms with van der Waals surface area (Å²) in [5.41, 5.74) is 1.09. The molecular weight excluding hydrogens is 474 g/mol. The van der Waals surface area contributed by atoms with Crippen molar-refractivity contribution in [1.82, 2.24) is 23.6 Å². The van der Waals surface area contributed by atoms with E-state index in [1.54, 1.807) is 17.9 Å². The van der Waals surface area contributed by atoms with Crippen LogP contribution in [0.1, 0.15) is 12.0 Å². The van der Waals surface area contributed by atoms with Gasteiger partial charge < -0.3 is 24.0 Å². The van der Waals surface area contributed by atoms with Crippen LogP contribution in [0.5, 0.6) is 11.5 Å². The number of aliphatic hydroxyl groups excluding tert-OH is 1. The average Bonchev–Trinajstić information content (AvgIpc) is 3.33. The van der Waals surface area contributed by atoms with Crippen molar-refractivity contribution in [3.63, 3.8) is 0 Å².